The number of rotatable bonds is 6. The quantitative estimate of drug-likeness (QED) is 0.328. The molecule has 0 bridgehead atoms. The smallest absolute Gasteiger partial charge is 0.237 e. The zero-order chi connectivity index (χ0) is 15.1. The van der Waals surface area contributed by atoms with Gasteiger partial charge in [0.15, 0.2) is 0 Å². The number of piperidine rings is 1. The van der Waals surface area contributed by atoms with E-state index >= 15 is 0 Å². The van der Waals surface area contributed by atoms with E-state index in [9.17, 15) is 14.7 Å². The summed E-state index contributed by atoms with van der Waals surface area (Å²) in [5, 5.41) is 9.22. The molecule has 1 atom stereocenters. The van der Waals surface area contributed by atoms with Crippen molar-refractivity contribution in [1.82, 2.24) is 15.2 Å². The Kier molecular flexibility index (Phi) is 6.90. The van der Waals surface area contributed by atoms with Crippen LogP contribution in [0, 0.1) is 5.92 Å². The maximum absolute atomic E-state index is 12.1. The minimum atomic E-state index is -0.349. The predicted octanol–water partition coefficient (Wildman–Crippen LogP) is -1.08. The lowest BCUT2D eigenvalue weighted by Gasteiger charge is -2.32. The van der Waals surface area contributed by atoms with Gasteiger partial charge in [-0.3, -0.25) is 19.9 Å². The maximum atomic E-state index is 12.1. The second kappa shape index (κ2) is 8.18. The summed E-state index contributed by atoms with van der Waals surface area (Å²) in [6.45, 7) is 3.97. The molecule has 1 unspecified atom stereocenters. The number of amides is 2. The van der Waals surface area contributed by atoms with Crippen molar-refractivity contribution in [1.29, 1.82) is 0 Å². The summed E-state index contributed by atoms with van der Waals surface area (Å²) in [4.78, 5) is 27.2. The van der Waals surface area contributed by atoms with Gasteiger partial charge in [0.05, 0.1) is 12.6 Å². The van der Waals surface area contributed by atoms with E-state index in [4.69, 9.17) is 5.84 Å². The Labute approximate surface area is 120 Å². The molecule has 7 nitrogen and oxygen atoms in total. The normalized spacial score (nSPS) is 18.1. The van der Waals surface area contributed by atoms with Crippen molar-refractivity contribution in [3.63, 3.8) is 0 Å². The Hall–Kier alpha value is -1.18. The van der Waals surface area contributed by atoms with Crippen LogP contribution in [0.3, 0.4) is 0 Å². The van der Waals surface area contributed by atoms with E-state index < -0.39 is 0 Å². The Balaban J connectivity index is 2.30. The molecule has 116 valence electrons. The Bertz CT molecular complexity index is 328. The lowest BCUT2D eigenvalue weighted by molar-refractivity contribution is -0.136. The first-order valence-electron chi connectivity index (χ1n) is 7.09. The van der Waals surface area contributed by atoms with Crippen molar-refractivity contribution >= 4 is 11.8 Å². The van der Waals surface area contributed by atoms with Crippen LogP contribution in [-0.4, -0.2) is 66.1 Å². The molecule has 1 aliphatic heterocycles. The summed E-state index contributed by atoms with van der Waals surface area (Å²) in [7, 11) is 1.87. The van der Waals surface area contributed by atoms with Crippen LogP contribution in [0.2, 0.25) is 0 Å². The zero-order valence-electron chi connectivity index (χ0n) is 12.3. The van der Waals surface area contributed by atoms with Crippen LogP contribution in [0.25, 0.3) is 0 Å². The third-order valence-corrected chi connectivity index (χ3v) is 3.69. The standard InChI is InChI=1S/C13H26N4O3/c1-10(18)3-6-16(2)9-12(19)17-7-4-11(5-8-17)13(20)15-14/h10-11,18H,3-9,14H2,1-2H3,(H,15,20). The number of nitrogens with one attached hydrogen (secondary N) is 1. The molecule has 0 aromatic heterocycles. The summed E-state index contributed by atoms with van der Waals surface area (Å²) in [6.07, 6.45) is 1.62. The van der Waals surface area contributed by atoms with E-state index in [1.807, 2.05) is 11.9 Å². The average Bonchev–Trinajstić information content (AvgIpc) is 2.44. The van der Waals surface area contributed by atoms with Gasteiger partial charge < -0.3 is 10.0 Å². The van der Waals surface area contributed by atoms with Crippen molar-refractivity contribution in [2.75, 3.05) is 33.2 Å². The van der Waals surface area contributed by atoms with Crippen LogP contribution in [-0.2, 0) is 9.59 Å². The summed E-state index contributed by atoms with van der Waals surface area (Å²) >= 11 is 0. The van der Waals surface area contributed by atoms with Crippen LogP contribution < -0.4 is 11.3 Å². The number of likely N-dealkylation sites (N-methyl/N-ethyl adjacent to an activating group) is 1. The van der Waals surface area contributed by atoms with Crippen LogP contribution in [0.1, 0.15) is 26.2 Å². The molecular formula is C13H26N4O3. The number of nitrogens with zero attached hydrogens (tertiary/aromatic N) is 2. The fraction of sp³-hybridized carbons (Fsp3) is 0.846. The number of aliphatic hydroxyl groups excluding tert-OH is 1. The van der Waals surface area contributed by atoms with Crippen molar-refractivity contribution < 1.29 is 14.7 Å². The first-order valence-corrected chi connectivity index (χ1v) is 7.09. The lowest BCUT2D eigenvalue weighted by atomic mass is 9.96. The molecule has 7 heteroatoms. The molecule has 1 rings (SSSR count). The molecule has 0 spiro atoms. The largest absolute Gasteiger partial charge is 0.393 e. The number of likely N-dealkylation sites (tertiary alicyclic amines) is 1. The van der Waals surface area contributed by atoms with Gasteiger partial charge in [-0.2, -0.15) is 0 Å². The van der Waals surface area contributed by atoms with E-state index in [2.05, 4.69) is 5.43 Å². The minimum Gasteiger partial charge on any atom is -0.393 e. The van der Waals surface area contributed by atoms with Gasteiger partial charge in [0.1, 0.15) is 0 Å². The first-order chi connectivity index (χ1) is 9.43. The van der Waals surface area contributed by atoms with Crippen LogP contribution in [0.15, 0.2) is 0 Å². The van der Waals surface area contributed by atoms with E-state index in [0.717, 1.165) is 0 Å². The van der Waals surface area contributed by atoms with Gasteiger partial charge in [-0.15, -0.1) is 0 Å². The second-order valence-electron chi connectivity index (χ2n) is 5.54. The van der Waals surface area contributed by atoms with Gasteiger partial charge in [0.2, 0.25) is 11.8 Å². The highest BCUT2D eigenvalue weighted by molar-refractivity contribution is 5.80. The summed E-state index contributed by atoms with van der Waals surface area (Å²) in [5.41, 5.74) is 2.16. The van der Waals surface area contributed by atoms with Crippen LogP contribution >= 0.6 is 0 Å². The maximum Gasteiger partial charge on any atom is 0.237 e. The summed E-state index contributed by atoms with van der Waals surface area (Å²) in [6, 6.07) is 0. The molecule has 0 aromatic carbocycles. The van der Waals surface area contributed by atoms with E-state index in [1.165, 1.54) is 0 Å². The van der Waals surface area contributed by atoms with Crippen molar-refractivity contribution in [2.24, 2.45) is 11.8 Å². The van der Waals surface area contributed by atoms with Gasteiger partial charge in [-0.05, 0) is 33.2 Å². The molecule has 0 radical (unpaired) electrons. The Morgan fingerprint density at radius 1 is 1.45 bits per heavy atom. The first kappa shape index (κ1) is 16.9. The van der Waals surface area contributed by atoms with E-state index in [-0.39, 0.29) is 23.8 Å². The predicted molar refractivity (Wildman–Crippen MR) is 75.4 cm³/mol. The van der Waals surface area contributed by atoms with Gasteiger partial charge in [0.25, 0.3) is 0 Å². The Morgan fingerprint density at radius 3 is 2.55 bits per heavy atom. The molecule has 1 saturated heterocycles. The number of carbonyl (C=O) groups is 2. The van der Waals surface area contributed by atoms with Crippen molar-refractivity contribution in [3.8, 4) is 0 Å². The molecular weight excluding hydrogens is 260 g/mol. The zero-order valence-corrected chi connectivity index (χ0v) is 12.3. The number of hydrogen-bond donors (Lipinski definition) is 3. The average molecular weight is 286 g/mol. The molecule has 2 amide bonds. The Morgan fingerprint density at radius 2 is 2.05 bits per heavy atom. The fourth-order valence-corrected chi connectivity index (χ4v) is 2.33. The van der Waals surface area contributed by atoms with E-state index in [0.29, 0.717) is 45.4 Å². The van der Waals surface area contributed by atoms with Crippen LogP contribution in [0.4, 0.5) is 0 Å². The van der Waals surface area contributed by atoms with Crippen molar-refractivity contribution in [3.05, 3.63) is 0 Å². The number of aliphatic hydroxyl groups is 1. The molecule has 0 aromatic rings. The summed E-state index contributed by atoms with van der Waals surface area (Å²) < 4.78 is 0. The molecule has 1 aliphatic rings. The molecule has 0 saturated carbocycles. The van der Waals surface area contributed by atoms with Crippen LogP contribution in [0.5, 0.6) is 0 Å². The SMILES string of the molecule is CC(O)CCN(C)CC(=O)N1CCC(C(=O)NN)CC1. The van der Waals surface area contributed by atoms with Gasteiger partial charge in [0, 0.05) is 25.6 Å². The number of hydrogen-bond acceptors (Lipinski definition) is 5. The monoisotopic (exact) mass is 286 g/mol. The molecule has 4 N–H and O–H groups in total. The fourth-order valence-electron chi connectivity index (χ4n) is 2.33. The number of hydrazine groups is 1. The third-order valence-electron chi connectivity index (χ3n) is 3.69. The van der Waals surface area contributed by atoms with Gasteiger partial charge in [-0.1, -0.05) is 0 Å². The van der Waals surface area contributed by atoms with Crippen molar-refractivity contribution in [2.45, 2.75) is 32.3 Å². The summed E-state index contributed by atoms with van der Waals surface area (Å²) in [5.74, 6) is 4.95. The third kappa shape index (κ3) is 5.44. The molecule has 1 fully saturated rings. The number of nitrogens with two attached hydrogens (primary N) is 1. The van der Waals surface area contributed by atoms with Gasteiger partial charge in [-0.25, -0.2) is 5.84 Å². The highest BCUT2D eigenvalue weighted by Crippen LogP contribution is 2.17. The highest BCUT2D eigenvalue weighted by Gasteiger charge is 2.27. The highest BCUT2D eigenvalue weighted by atomic mass is 16.3. The minimum absolute atomic E-state index is 0.0738. The lowest BCUT2D eigenvalue weighted by Crippen LogP contribution is -2.47. The topological polar surface area (TPSA) is 98.9 Å². The second-order valence-corrected chi connectivity index (χ2v) is 5.54. The molecule has 0 aliphatic carbocycles. The van der Waals surface area contributed by atoms with Gasteiger partial charge >= 0.3 is 0 Å². The molecule has 1 heterocycles. The van der Waals surface area contributed by atoms with E-state index in [1.54, 1.807) is 11.8 Å². The molecule has 20 heavy (non-hydrogen) atoms. The number of carbonyl (C=O) groups excluding carboxylic acids is 2.